The van der Waals surface area contributed by atoms with Crippen molar-refractivity contribution < 1.29 is 9.84 Å². The predicted octanol–water partition coefficient (Wildman–Crippen LogP) is -2.06. The van der Waals surface area contributed by atoms with Crippen molar-refractivity contribution in [2.45, 2.75) is 31.4 Å². The van der Waals surface area contributed by atoms with E-state index in [0.717, 1.165) is 0 Å². The molecule has 2 aliphatic heterocycles. The molecular weight excluding hydrogens is 242 g/mol. The number of rotatable bonds is 0. The van der Waals surface area contributed by atoms with E-state index in [1.165, 1.54) is 9.25 Å². The summed E-state index contributed by atoms with van der Waals surface area (Å²) >= 11 is 0. The van der Waals surface area contributed by atoms with Crippen molar-refractivity contribution in [1.82, 2.24) is 24.5 Å². The summed E-state index contributed by atoms with van der Waals surface area (Å²) in [5, 5.41) is 17.5. The van der Waals surface area contributed by atoms with Crippen molar-refractivity contribution in [3.63, 3.8) is 0 Å². The molecule has 0 saturated carbocycles. The lowest BCUT2D eigenvalue weighted by Gasteiger charge is -2.16. The number of nitrogens with zero attached hydrogens (tertiary/aromatic N) is 4. The van der Waals surface area contributed by atoms with Crippen LogP contribution in [0.2, 0.25) is 0 Å². The number of aliphatic hydroxyl groups excluding tert-OH is 1. The number of nitrogens with one attached hydrogen (secondary N) is 1. The molecule has 4 rings (SSSR count). The van der Waals surface area contributed by atoms with Gasteiger partial charge in [-0.1, -0.05) is 5.21 Å². The van der Waals surface area contributed by atoms with Crippen LogP contribution < -0.4 is 11.2 Å². The highest BCUT2D eigenvalue weighted by Crippen LogP contribution is 2.32. The maximum absolute atomic E-state index is 11.9. The fourth-order valence-corrected chi connectivity index (χ4v) is 2.64. The van der Waals surface area contributed by atoms with Crippen LogP contribution >= 0.6 is 0 Å². The standard InChI is InChI=1S/C9H9N5O4/c15-4-1-3-2-13-7-5(11-12-13)6(16)10-9(17)14(7)8(4)18-3/h3-4,8,15H,1-2H2,(H,10,16,17)/t3-,4?,8?/m0/s1. The molecule has 1 fully saturated rings. The van der Waals surface area contributed by atoms with Gasteiger partial charge in [-0.3, -0.25) is 9.78 Å². The highest BCUT2D eigenvalue weighted by atomic mass is 16.5. The summed E-state index contributed by atoms with van der Waals surface area (Å²) in [5.74, 6) is 0. The lowest BCUT2D eigenvalue weighted by atomic mass is 10.2. The van der Waals surface area contributed by atoms with Gasteiger partial charge in [-0.05, 0) is 0 Å². The lowest BCUT2D eigenvalue weighted by Crippen LogP contribution is -2.36. The Morgan fingerprint density at radius 3 is 3.11 bits per heavy atom. The minimum absolute atomic E-state index is 0.0814. The molecule has 3 atom stereocenters. The van der Waals surface area contributed by atoms with Gasteiger partial charge in [-0.2, -0.15) is 0 Å². The zero-order chi connectivity index (χ0) is 12.4. The van der Waals surface area contributed by atoms with Gasteiger partial charge in [0.05, 0.1) is 12.6 Å². The monoisotopic (exact) mass is 251 g/mol. The van der Waals surface area contributed by atoms with Gasteiger partial charge in [0, 0.05) is 6.42 Å². The van der Waals surface area contributed by atoms with E-state index in [1.807, 2.05) is 0 Å². The lowest BCUT2D eigenvalue weighted by molar-refractivity contribution is -0.0357. The van der Waals surface area contributed by atoms with E-state index in [0.29, 0.717) is 18.6 Å². The Bertz CT molecular complexity index is 758. The molecule has 2 unspecified atom stereocenters. The number of aromatic nitrogens is 5. The normalized spacial score (nSPS) is 29.7. The van der Waals surface area contributed by atoms with Crippen molar-refractivity contribution >= 4 is 11.2 Å². The van der Waals surface area contributed by atoms with Gasteiger partial charge in [0.25, 0.3) is 5.56 Å². The number of aromatic amines is 1. The minimum Gasteiger partial charge on any atom is -0.388 e. The van der Waals surface area contributed by atoms with Crippen molar-refractivity contribution in [3.8, 4) is 0 Å². The van der Waals surface area contributed by atoms with Gasteiger partial charge in [0.1, 0.15) is 6.10 Å². The van der Waals surface area contributed by atoms with Crippen LogP contribution in [0.25, 0.3) is 11.2 Å². The van der Waals surface area contributed by atoms with Crippen LogP contribution in [-0.2, 0) is 11.3 Å². The van der Waals surface area contributed by atoms with Gasteiger partial charge in [-0.25, -0.2) is 14.0 Å². The molecule has 94 valence electrons. The maximum Gasteiger partial charge on any atom is 0.332 e. The number of aliphatic hydroxyl groups is 1. The SMILES string of the molecule is O=c1[nH]c(=O)n2c3c1nnn3C[C@@H]1CC(O)C2O1. The zero-order valence-electron chi connectivity index (χ0n) is 9.11. The molecule has 0 aromatic carbocycles. The van der Waals surface area contributed by atoms with Crippen LogP contribution in [0.4, 0.5) is 0 Å². The highest BCUT2D eigenvalue weighted by Gasteiger charge is 2.40. The van der Waals surface area contributed by atoms with E-state index in [2.05, 4.69) is 15.3 Å². The molecule has 18 heavy (non-hydrogen) atoms. The summed E-state index contributed by atoms with van der Waals surface area (Å²) in [7, 11) is 0. The summed E-state index contributed by atoms with van der Waals surface area (Å²) in [6, 6.07) is 0. The number of hydrogen-bond acceptors (Lipinski definition) is 6. The molecule has 1 saturated heterocycles. The van der Waals surface area contributed by atoms with E-state index in [4.69, 9.17) is 4.74 Å². The Morgan fingerprint density at radius 2 is 2.28 bits per heavy atom. The van der Waals surface area contributed by atoms with Crippen molar-refractivity contribution in [2.75, 3.05) is 0 Å². The predicted molar refractivity (Wildman–Crippen MR) is 56.9 cm³/mol. The van der Waals surface area contributed by atoms with Crippen LogP contribution in [-0.4, -0.2) is 41.9 Å². The Labute approximate surface area is 98.6 Å². The first-order valence-electron chi connectivity index (χ1n) is 5.56. The third-order valence-electron chi connectivity index (χ3n) is 3.39. The molecule has 4 heterocycles. The van der Waals surface area contributed by atoms with Crippen LogP contribution in [0, 0.1) is 0 Å². The molecule has 2 aliphatic rings. The molecular formula is C9H9N5O4. The third-order valence-corrected chi connectivity index (χ3v) is 3.39. The fraction of sp³-hybridized carbons (Fsp3) is 0.556. The zero-order valence-corrected chi connectivity index (χ0v) is 9.11. The van der Waals surface area contributed by atoms with Crippen LogP contribution in [0.1, 0.15) is 12.6 Å². The highest BCUT2D eigenvalue weighted by molar-refractivity contribution is 5.68. The molecule has 9 nitrogen and oxygen atoms in total. The Morgan fingerprint density at radius 1 is 1.44 bits per heavy atom. The van der Waals surface area contributed by atoms with E-state index in [-0.39, 0.29) is 11.6 Å². The first-order valence-corrected chi connectivity index (χ1v) is 5.56. The van der Waals surface area contributed by atoms with E-state index >= 15 is 0 Å². The van der Waals surface area contributed by atoms with Gasteiger partial charge in [-0.15, -0.1) is 5.10 Å². The number of H-pyrrole nitrogens is 1. The summed E-state index contributed by atoms with van der Waals surface area (Å²) in [6.07, 6.45) is -1.37. The maximum atomic E-state index is 11.9. The van der Waals surface area contributed by atoms with Gasteiger partial charge >= 0.3 is 5.69 Å². The second kappa shape index (κ2) is 3.06. The number of ether oxygens (including phenoxy) is 1. The summed E-state index contributed by atoms with van der Waals surface area (Å²) < 4.78 is 8.28. The topological polar surface area (TPSA) is 115 Å². The molecule has 0 amide bonds. The molecule has 2 aromatic heterocycles. The average Bonchev–Trinajstić information content (AvgIpc) is 2.81. The second-order valence-corrected chi connectivity index (χ2v) is 4.52. The first kappa shape index (κ1) is 9.97. The van der Waals surface area contributed by atoms with Crippen LogP contribution in [0.3, 0.4) is 0 Å². The van der Waals surface area contributed by atoms with Gasteiger partial charge < -0.3 is 9.84 Å². The summed E-state index contributed by atoms with van der Waals surface area (Å²) in [6.45, 7) is 0.368. The Kier molecular flexibility index (Phi) is 1.69. The van der Waals surface area contributed by atoms with Crippen molar-refractivity contribution in [2.24, 2.45) is 0 Å². The molecule has 0 spiro atoms. The smallest absolute Gasteiger partial charge is 0.332 e. The molecule has 2 N–H and O–H groups in total. The fourth-order valence-electron chi connectivity index (χ4n) is 2.64. The van der Waals surface area contributed by atoms with E-state index in [1.54, 1.807) is 0 Å². The van der Waals surface area contributed by atoms with Crippen LogP contribution in [0.5, 0.6) is 0 Å². The Balaban J connectivity index is 2.18. The van der Waals surface area contributed by atoms with E-state index in [9.17, 15) is 14.7 Å². The molecule has 9 heteroatoms. The number of hydrogen-bond donors (Lipinski definition) is 2. The minimum atomic E-state index is -0.790. The van der Waals surface area contributed by atoms with Crippen molar-refractivity contribution in [1.29, 1.82) is 0 Å². The molecule has 2 bridgehead atoms. The van der Waals surface area contributed by atoms with Gasteiger partial charge in [0.2, 0.25) is 0 Å². The largest absolute Gasteiger partial charge is 0.388 e. The van der Waals surface area contributed by atoms with E-state index < -0.39 is 23.6 Å². The first-order chi connectivity index (χ1) is 8.65. The number of fused-ring (bicyclic) bond motifs is 3. The third kappa shape index (κ3) is 1.07. The molecule has 2 aromatic rings. The Hall–Kier alpha value is -2.00. The summed E-state index contributed by atoms with van der Waals surface area (Å²) in [5.41, 5.74) is -0.819. The molecule has 0 radical (unpaired) electrons. The second-order valence-electron chi connectivity index (χ2n) is 4.52. The molecule has 0 aliphatic carbocycles. The summed E-state index contributed by atoms with van der Waals surface area (Å²) in [4.78, 5) is 25.7. The quantitative estimate of drug-likeness (QED) is 0.556. The average molecular weight is 251 g/mol. The van der Waals surface area contributed by atoms with Crippen molar-refractivity contribution in [3.05, 3.63) is 20.8 Å². The van der Waals surface area contributed by atoms with Gasteiger partial charge in [0.15, 0.2) is 17.4 Å². The van der Waals surface area contributed by atoms with Crippen LogP contribution in [0.15, 0.2) is 9.59 Å².